The van der Waals surface area contributed by atoms with E-state index in [0.29, 0.717) is 5.92 Å². The molecular weight excluding hydrogens is 238 g/mol. The molecular formula is C14H21N5. The number of hydrogen-bond donors (Lipinski definition) is 1. The molecule has 2 aromatic heterocycles. The van der Waals surface area contributed by atoms with E-state index in [0.717, 1.165) is 29.5 Å². The lowest BCUT2D eigenvalue weighted by Gasteiger charge is -2.17. The molecule has 0 spiro atoms. The molecule has 1 atom stereocenters. The van der Waals surface area contributed by atoms with Crippen molar-refractivity contribution in [2.45, 2.75) is 26.7 Å². The maximum atomic E-state index is 4.64. The zero-order valence-electron chi connectivity index (χ0n) is 12.2. The van der Waals surface area contributed by atoms with Crippen LogP contribution in [0, 0.1) is 13.8 Å². The number of aryl methyl sites for hydroxylation is 3. The van der Waals surface area contributed by atoms with Gasteiger partial charge in [-0.1, -0.05) is 6.92 Å². The van der Waals surface area contributed by atoms with Crippen LogP contribution in [0.25, 0.3) is 11.5 Å². The Morgan fingerprint density at radius 2 is 1.89 bits per heavy atom. The van der Waals surface area contributed by atoms with Gasteiger partial charge in [-0.2, -0.15) is 0 Å². The van der Waals surface area contributed by atoms with Crippen molar-refractivity contribution in [3.63, 3.8) is 0 Å². The van der Waals surface area contributed by atoms with Crippen LogP contribution in [0.4, 0.5) is 0 Å². The van der Waals surface area contributed by atoms with Gasteiger partial charge >= 0.3 is 0 Å². The predicted molar refractivity (Wildman–Crippen MR) is 76.0 cm³/mol. The molecule has 0 saturated carbocycles. The van der Waals surface area contributed by atoms with Crippen molar-refractivity contribution < 1.29 is 0 Å². The average molecular weight is 259 g/mol. The Balaban J connectivity index is 2.45. The van der Waals surface area contributed by atoms with E-state index in [1.165, 1.54) is 5.56 Å². The summed E-state index contributed by atoms with van der Waals surface area (Å²) in [6, 6.07) is 0. The molecule has 0 fully saturated rings. The second kappa shape index (κ2) is 5.48. The van der Waals surface area contributed by atoms with Gasteiger partial charge in [0.2, 0.25) is 0 Å². The lowest BCUT2D eigenvalue weighted by atomic mass is 9.98. The maximum Gasteiger partial charge on any atom is 0.178 e. The molecule has 2 heterocycles. The molecule has 5 nitrogen and oxygen atoms in total. The molecule has 0 amide bonds. The minimum atomic E-state index is 0.408. The van der Waals surface area contributed by atoms with E-state index in [1.54, 1.807) is 12.5 Å². The van der Waals surface area contributed by atoms with Gasteiger partial charge in [-0.25, -0.2) is 15.0 Å². The number of likely N-dealkylation sites (N-methyl/N-ethyl adjacent to an activating group) is 1. The van der Waals surface area contributed by atoms with Gasteiger partial charge in [-0.3, -0.25) is 0 Å². The van der Waals surface area contributed by atoms with Crippen LogP contribution in [0.1, 0.15) is 29.8 Å². The standard InChI is InChI=1S/C14H21N5/c1-9(6-15-4)13-10(2)17-14(18-11(13)3)12-7-16-8-19(12)5/h7-9,15H,6H2,1-5H3. The fourth-order valence-electron chi connectivity index (χ4n) is 2.53. The summed E-state index contributed by atoms with van der Waals surface area (Å²) in [6.07, 6.45) is 3.56. The summed E-state index contributed by atoms with van der Waals surface area (Å²) < 4.78 is 1.94. The highest BCUT2D eigenvalue weighted by molar-refractivity contribution is 5.50. The van der Waals surface area contributed by atoms with Gasteiger partial charge < -0.3 is 9.88 Å². The van der Waals surface area contributed by atoms with E-state index < -0.39 is 0 Å². The van der Waals surface area contributed by atoms with Gasteiger partial charge in [-0.05, 0) is 32.4 Å². The molecule has 0 aliphatic carbocycles. The van der Waals surface area contributed by atoms with Crippen molar-refractivity contribution >= 4 is 0 Å². The molecule has 1 N–H and O–H groups in total. The van der Waals surface area contributed by atoms with Gasteiger partial charge in [0, 0.05) is 25.0 Å². The normalized spacial score (nSPS) is 12.7. The Labute approximate surface area is 114 Å². The third-order valence-corrected chi connectivity index (χ3v) is 3.38. The quantitative estimate of drug-likeness (QED) is 0.910. The maximum absolute atomic E-state index is 4.64. The molecule has 2 rings (SSSR count). The number of nitrogens with one attached hydrogen (secondary N) is 1. The van der Waals surface area contributed by atoms with Crippen LogP contribution >= 0.6 is 0 Å². The van der Waals surface area contributed by atoms with Crippen LogP contribution in [0.2, 0.25) is 0 Å². The summed E-state index contributed by atoms with van der Waals surface area (Å²) in [5.74, 6) is 1.15. The first kappa shape index (κ1) is 13.7. The Hall–Kier alpha value is -1.75. The molecule has 5 heteroatoms. The van der Waals surface area contributed by atoms with Crippen LogP contribution in [0.5, 0.6) is 0 Å². The van der Waals surface area contributed by atoms with Gasteiger partial charge in [-0.15, -0.1) is 0 Å². The van der Waals surface area contributed by atoms with Crippen molar-refractivity contribution in [2.24, 2.45) is 7.05 Å². The number of aromatic nitrogens is 4. The van der Waals surface area contributed by atoms with Crippen molar-refractivity contribution in [3.8, 4) is 11.5 Å². The average Bonchev–Trinajstić information content (AvgIpc) is 2.74. The van der Waals surface area contributed by atoms with E-state index >= 15 is 0 Å². The first-order valence-corrected chi connectivity index (χ1v) is 6.51. The fourth-order valence-corrected chi connectivity index (χ4v) is 2.53. The lowest BCUT2D eigenvalue weighted by Crippen LogP contribution is -2.18. The first-order chi connectivity index (χ1) is 9.04. The van der Waals surface area contributed by atoms with Crippen molar-refractivity contribution in [3.05, 3.63) is 29.5 Å². The Kier molecular flexibility index (Phi) is 3.95. The van der Waals surface area contributed by atoms with E-state index in [9.17, 15) is 0 Å². The Morgan fingerprint density at radius 3 is 2.37 bits per heavy atom. The van der Waals surface area contributed by atoms with E-state index in [-0.39, 0.29) is 0 Å². The molecule has 0 radical (unpaired) electrons. The van der Waals surface area contributed by atoms with E-state index in [1.807, 2.05) is 18.7 Å². The third kappa shape index (κ3) is 2.66. The first-order valence-electron chi connectivity index (χ1n) is 6.51. The molecule has 0 aromatic carbocycles. The van der Waals surface area contributed by atoms with Gasteiger partial charge in [0.05, 0.1) is 12.5 Å². The number of imidazole rings is 1. The molecule has 0 aliphatic rings. The lowest BCUT2D eigenvalue weighted by molar-refractivity contribution is 0.662. The Morgan fingerprint density at radius 1 is 1.26 bits per heavy atom. The van der Waals surface area contributed by atoms with Crippen LogP contribution in [0.15, 0.2) is 12.5 Å². The fraction of sp³-hybridized carbons (Fsp3) is 0.500. The molecule has 102 valence electrons. The summed E-state index contributed by atoms with van der Waals surface area (Å²) in [7, 11) is 3.92. The van der Waals surface area contributed by atoms with Crippen molar-refractivity contribution in [2.75, 3.05) is 13.6 Å². The second-order valence-electron chi connectivity index (χ2n) is 4.98. The number of hydrogen-bond acceptors (Lipinski definition) is 4. The SMILES string of the molecule is CNCC(C)c1c(C)nc(-c2cncn2C)nc1C. The van der Waals surface area contributed by atoms with Gasteiger partial charge in [0.25, 0.3) is 0 Å². The highest BCUT2D eigenvalue weighted by Crippen LogP contribution is 2.23. The minimum absolute atomic E-state index is 0.408. The molecule has 2 aromatic rings. The predicted octanol–water partition coefficient (Wildman–Crippen LogP) is 1.82. The monoisotopic (exact) mass is 259 g/mol. The Bertz CT molecular complexity index is 550. The zero-order chi connectivity index (χ0) is 14.0. The van der Waals surface area contributed by atoms with Crippen LogP contribution in [-0.2, 0) is 7.05 Å². The topological polar surface area (TPSA) is 55.6 Å². The number of rotatable bonds is 4. The summed E-state index contributed by atoms with van der Waals surface area (Å²) in [4.78, 5) is 13.4. The number of nitrogens with zero attached hydrogens (tertiary/aromatic N) is 4. The van der Waals surface area contributed by atoms with E-state index in [2.05, 4.69) is 41.0 Å². The smallest absolute Gasteiger partial charge is 0.178 e. The molecule has 0 saturated heterocycles. The van der Waals surface area contributed by atoms with Crippen LogP contribution in [-0.4, -0.2) is 33.1 Å². The third-order valence-electron chi connectivity index (χ3n) is 3.38. The molecule has 0 aliphatic heterocycles. The zero-order valence-corrected chi connectivity index (χ0v) is 12.2. The van der Waals surface area contributed by atoms with Gasteiger partial charge in [0.15, 0.2) is 5.82 Å². The highest BCUT2D eigenvalue weighted by Gasteiger charge is 2.16. The highest BCUT2D eigenvalue weighted by atomic mass is 15.1. The van der Waals surface area contributed by atoms with Crippen LogP contribution < -0.4 is 5.32 Å². The molecule has 19 heavy (non-hydrogen) atoms. The summed E-state index contributed by atoms with van der Waals surface area (Å²) in [5, 5.41) is 3.20. The summed E-state index contributed by atoms with van der Waals surface area (Å²) in [6.45, 7) is 7.22. The van der Waals surface area contributed by atoms with Crippen molar-refractivity contribution in [1.82, 2.24) is 24.8 Å². The summed E-state index contributed by atoms with van der Waals surface area (Å²) >= 11 is 0. The van der Waals surface area contributed by atoms with E-state index in [4.69, 9.17) is 0 Å². The largest absolute Gasteiger partial charge is 0.331 e. The van der Waals surface area contributed by atoms with Gasteiger partial charge in [0.1, 0.15) is 5.69 Å². The van der Waals surface area contributed by atoms with Crippen LogP contribution in [0.3, 0.4) is 0 Å². The summed E-state index contributed by atoms with van der Waals surface area (Å²) in [5.41, 5.74) is 4.28. The van der Waals surface area contributed by atoms with Crippen molar-refractivity contribution in [1.29, 1.82) is 0 Å². The minimum Gasteiger partial charge on any atom is -0.331 e. The molecule has 0 bridgehead atoms. The second-order valence-corrected chi connectivity index (χ2v) is 4.98. The molecule has 1 unspecified atom stereocenters.